The lowest BCUT2D eigenvalue weighted by atomic mass is 10.4. The zero-order valence-electron chi connectivity index (χ0n) is 6.10. The molecule has 1 heterocycles. The summed E-state index contributed by atoms with van der Waals surface area (Å²) < 4.78 is 4.28. The predicted octanol–water partition coefficient (Wildman–Crippen LogP) is -0.826. The van der Waals surface area contributed by atoms with Crippen molar-refractivity contribution in [3.8, 4) is 0 Å². The number of rotatable bonds is 3. The van der Waals surface area contributed by atoms with Crippen molar-refractivity contribution >= 4 is 30.9 Å². The highest BCUT2D eigenvalue weighted by Crippen LogP contribution is 2.16. The first-order chi connectivity index (χ1) is 5.66. The number of hydrogen-bond donors (Lipinski definition) is 1. The molecule has 0 radical (unpaired) electrons. The van der Waals surface area contributed by atoms with Crippen molar-refractivity contribution in [3.63, 3.8) is 0 Å². The molecule has 1 fully saturated rings. The Bertz CT molecular complexity index is 230. The molecule has 0 aromatic carbocycles. The molecule has 0 aromatic rings. The van der Waals surface area contributed by atoms with Crippen LogP contribution in [-0.4, -0.2) is 35.2 Å². The van der Waals surface area contributed by atoms with Crippen LogP contribution in [-0.2, 0) is 19.1 Å². The van der Waals surface area contributed by atoms with E-state index in [1.54, 1.807) is 0 Å². The number of hydrogen-bond acceptors (Lipinski definition) is 5. The van der Waals surface area contributed by atoms with Gasteiger partial charge in [-0.1, -0.05) is 0 Å². The van der Waals surface area contributed by atoms with Gasteiger partial charge in [0.1, 0.15) is 0 Å². The molecule has 0 saturated carbocycles. The minimum Gasteiger partial charge on any atom is -0.446 e. The van der Waals surface area contributed by atoms with Gasteiger partial charge in [0.05, 0.1) is 5.25 Å². The van der Waals surface area contributed by atoms with Crippen LogP contribution in [0.3, 0.4) is 0 Å². The van der Waals surface area contributed by atoms with Crippen LogP contribution in [0.2, 0.25) is 0 Å². The summed E-state index contributed by atoms with van der Waals surface area (Å²) >= 11 is 3.87. The summed E-state index contributed by atoms with van der Waals surface area (Å²) in [6.45, 7) is -0.120. The van der Waals surface area contributed by atoms with Crippen molar-refractivity contribution in [1.82, 2.24) is 4.90 Å². The van der Waals surface area contributed by atoms with Crippen LogP contribution in [0.1, 0.15) is 6.42 Å². The number of likely N-dealkylation sites (tertiary alicyclic amines) is 1. The molecule has 1 aliphatic heterocycles. The molecule has 1 rings (SSSR count). The van der Waals surface area contributed by atoms with Crippen LogP contribution < -0.4 is 0 Å². The summed E-state index contributed by atoms with van der Waals surface area (Å²) in [5.74, 6) is -0.771. The highest BCUT2D eigenvalue weighted by Gasteiger charge is 2.36. The van der Waals surface area contributed by atoms with E-state index in [1.165, 1.54) is 0 Å². The summed E-state index contributed by atoms with van der Waals surface area (Å²) in [5, 5.41) is -0.590. The summed E-state index contributed by atoms with van der Waals surface area (Å²) in [6, 6.07) is 0. The van der Waals surface area contributed by atoms with Crippen LogP contribution in [0.5, 0.6) is 0 Å². The third-order valence-electron chi connectivity index (χ3n) is 1.49. The number of carbonyl (C=O) groups is 3. The molecule has 2 amide bonds. The van der Waals surface area contributed by atoms with Crippen molar-refractivity contribution in [1.29, 1.82) is 0 Å². The maximum Gasteiger partial charge on any atom is 0.294 e. The molecular weight excluding hydrogens is 182 g/mol. The van der Waals surface area contributed by atoms with Gasteiger partial charge in [-0.3, -0.25) is 14.4 Å². The Kier molecular flexibility index (Phi) is 2.69. The first-order valence-electron chi connectivity index (χ1n) is 3.24. The van der Waals surface area contributed by atoms with Crippen molar-refractivity contribution < 1.29 is 19.1 Å². The lowest BCUT2D eigenvalue weighted by Crippen LogP contribution is -2.32. The summed E-state index contributed by atoms with van der Waals surface area (Å²) in [6.07, 6.45) is 0.0736. The molecule has 1 atom stereocenters. The molecule has 0 spiro atoms. The minimum absolute atomic E-state index is 0.0736. The van der Waals surface area contributed by atoms with Crippen molar-refractivity contribution in [2.24, 2.45) is 0 Å². The largest absolute Gasteiger partial charge is 0.446 e. The Hall–Kier alpha value is -1.04. The molecule has 66 valence electrons. The maximum atomic E-state index is 11.1. The van der Waals surface area contributed by atoms with Gasteiger partial charge in [-0.05, 0) is 0 Å². The molecule has 6 heteroatoms. The van der Waals surface area contributed by atoms with Crippen LogP contribution in [0.25, 0.3) is 0 Å². The van der Waals surface area contributed by atoms with Crippen LogP contribution in [0.15, 0.2) is 0 Å². The Morgan fingerprint density at radius 2 is 2.33 bits per heavy atom. The van der Waals surface area contributed by atoms with Crippen LogP contribution in [0, 0.1) is 0 Å². The van der Waals surface area contributed by atoms with E-state index in [4.69, 9.17) is 0 Å². The van der Waals surface area contributed by atoms with Gasteiger partial charge >= 0.3 is 0 Å². The fourth-order valence-corrected chi connectivity index (χ4v) is 1.20. The molecule has 0 aromatic heterocycles. The summed E-state index contributed by atoms with van der Waals surface area (Å²) in [4.78, 5) is 32.6. The third-order valence-corrected chi connectivity index (χ3v) is 1.90. The normalized spacial score (nSPS) is 23.1. The number of nitrogens with zero attached hydrogens (tertiary/aromatic N) is 1. The number of carbonyl (C=O) groups excluding carboxylic acids is 3. The SMILES string of the molecule is O=COCN1C(=O)CC(S)C1=O. The van der Waals surface area contributed by atoms with Gasteiger partial charge in [-0.2, -0.15) is 12.6 Å². The standard InChI is InChI=1S/C6H7NO4S/c8-3-11-2-7-5(9)1-4(12)6(7)10/h3-4,12H,1-2H2. The fourth-order valence-electron chi connectivity index (χ4n) is 0.906. The average Bonchev–Trinajstić information content (AvgIpc) is 2.25. The lowest BCUT2D eigenvalue weighted by Gasteiger charge is -2.11. The van der Waals surface area contributed by atoms with E-state index in [9.17, 15) is 14.4 Å². The van der Waals surface area contributed by atoms with E-state index in [0.717, 1.165) is 4.90 Å². The van der Waals surface area contributed by atoms with E-state index in [2.05, 4.69) is 17.4 Å². The maximum absolute atomic E-state index is 11.1. The number of thiol groups is 1. The molecule has 1 unspecified atom stereocenters. The summed E-state index contributed by atoms with van der Waals surface area (Å²) in [5.41, 5.74) is 0. The highest BCUT2D eigenvalue weighted by molar-refractivity contribution is 7.81. The predicted molar refractivity (Wildman–Crippen MR) is 41.3 cm³/mol. The monoisotopic (exact) mass is 189 g/mol. The molecule has 0 bridgehead atoms. The van der Waals surface area contributed by atoms with Gasteiger partial charge in [0.15, 0.2) is 6.73 Å². The second kappa shape index (κ2) is 3.57. The van der Waals surface area contributed by atoms with Gasteiger partial charge in [-0.25, -0.2) is 4.90 Å². The van der Waals surface area contributed by atoms with Crippen molar-refractivity contribution in [2.75, 3.05) is 6.73 Å². The molecular formula is C6H7NO4S. The molecule has 1 saturated heterocycles. The number of imide groups is 1. The third kappa shape index (κ3) is 1.58. The van der Waals surface area contributed by atoms with Gasteiger partial charge in [0.25, 0.3) is 6.47 Å². The topological polar surface area (TPSA) is 63.7 Å². The van der Waals surface area contributed by atoms with E-state index < -0.39 is 11.2 Å². The van der Waals surface area contributed by atoms with Gasteiger partial charge in [0.2, 0.25) is 11.8 Å². The Labute approximate surface area is 74.1 Å². The van der Waals surface area contributed by atoms with Crippen LogP contribution in [0.4, 0.5) is 0 Å². The second-order valence-electron chi connectivity index (χ2n) is 2.27. The van der Waals surface area contributed by atoms with Gasteiger partial charge < -0.3 is 4.74 Å². The summed E-state index contributed by atoms with van der Waals surface area (Å²) in [7, 11) is 0. The first-order valence-corrected chi connectivity index (χ1v) is 3.76. The first kappa shape index (κ1) is 9.05. The highest BCUT2D eigenvalue weighted by atomic mass is 32.1. The quantitative estimate of drug-likeness (QED) is 0.358. The Morgan fingerprint density at radius 3 is 2.75 bits per heavy atom. The Balaban J connectivity index is 2.57. The second-order valence-corrected chi connectivity index (χ2v) is 2.90. The number of ether oxygens (including phenoxy) is 1. The van der Waals surface area contributed by atoms with Crippen molar-refractivity contribution in [2.45, 2.75) is 11.7 Å². The molecule has 0 aliphatic carbocycles. The smallest absolute Gasteiger partial charge is 0.294 e. The molecule has 1 aliphatic rings. The van der Waals surface area contributed by atoms with E-state index in [1.807, 2.05) is 0 Å². The van der Waals surface area contributed by atoms with E-state index >= 15 is 0 Å². The number of amides is 2. The zero-order valence-corrected chi connectivity index (χ0v) is 6.99. The van der Waals surface area contributed by atoms with Crippen molar-refractivity contribution in [3.05, 3.63) is 0 Å². The van der Waals surface area contributed by atoms with Gasteiger partial charge in [0, 0.05) is 6.42 Å². The molecule has 5 nitrogen and oxygen atoms in total. The zero-order chi connectivity index (χ0) is 9.14. The molecule has 12 heavy (non-hydrogen) atoms. The van der Waals surface area contributed by atoms with E-state index in [-0.39, 0.29) is 25.5 Å². The minimum atomic E-state index is -0.590. The van der Waals surface area contributed by atoms with Crippen LogP contribution >= 0.6 is 12.6 Å². The van der Waals surface area contributed by atoms with E-state index in [0.29, 0.717) is 0 Å². The lowest BCUT2D eigenvalue weighted by molar-refractivity contribution is -0.148. The molecule has 0 N–H and O–H groups in total. The van der Waals surface area contributed by atoms with Gasteiger partial charge in [-0.15, -0.1) is 0 Å². The fraction of sp³-hybridized carbons (Fsp3) is 0.500. The Morgan fingerprint density at radius 1 is 1.67 bits per heavy atom. The average molecular weight is 189 g/mol.